The topological polar surface area (TPSA) is 93.8 Å². The van der Waals surface area contributed by atoms with E-state index in [1.807, 2.05) is 42.2 Å². The highest BCUT2D eigenvalue weighted by Gasteiger charge is 2.22. The van der Waals surface area contributed by atoms with Gasteiger partial charge in [-0.25, -0.2) is 18.9 Å². The molecule has 32 heavy (non-hydrogen) atoms. The molecule has 9 nitrogen and oxygen atoms in total. The van der Waals surface area contributed by atoms with Gasteiger partial charge in [-0.3, -0.25) is 4.79 Å². The zero-order valence-corrected chi connectivity index (χ0v) is 18.2. The first-order valence-corrected chi connectivity index (χ1v) is 10.7. The quantitative estimate of drug-likeness (QED) is 0.511. The normalized spacial score (nSPS) is 14.2. The molecule has 1 aliphatic heterocycles. The summed E-state index contributed by atoms with van der Waals surface area (Å²) in [6.07, 6.45) is 0. The van der Waals surface area contributed by atoms with Crippen LogP contribution in [0.4, 0.5) is 11.5 Å². The predicted molar refractivity (Wildman–Crippen MR) is 123 cm³/mol. The van der Waals surface area contributed by atoms with Gasteiger partial charge in [0.15, 0.2) is 5.82 Å². The second kappa shape index (κ2) is 8.25. The Morgan fingerprint density at radius 1 is 1.19 bits per heavy atom. The minimum Gasteiger partial charge on any atom is -0.378 e. The molecule has 4 aromatic rings. The van der Waals surface area contributed by atoms with Gasteiger partial charge >= 0.3 is 5.69 Å². The van der Waals surface area contributed by atoms with Crippen molar-refractivity contribution in [1.82, 2.24) is 19.2 Å². The Morgan fingerprint density at radius 3 is 2.75 bits per heavy atom. The van der Waals surface area contributed by atoms with Gasteiger partial charge < -0.3 is 15.0 Å². The van der Waals surface area contributed by atoms with Gasteiger partial charge in [-0.05, 0) is 36.8 Å². The Kier molecular flexibility index (Phi) is 5.28. The number of nitrogens with zero attached hydrogens (tertiary/aromatic N) is 5. The van der Waals surface area contributed by atoms with Crippen molar-refractivity contribution in [2.24, 2.45) is 0 Å². The van der Waals surface area contributed by atoms with Gasteiger partial charge in [0.25, 0.3) is 0 Å². The second-order valence-electron chi connectivity index (χ2n) is 7.65. The zero-order chi connectivity index (χ0) is 22.2. The van der Waals surface area contributed by atoms with Gasteiger partial charge in [0.05, 0.1) is 35.0 Å². The summed E-state index contributed by atoms with van der Waals surface area (Å²) in [5, 5.41) is 7.67. The number of aromatic nitrogens is 4. The number of halogens is 1. The Labute approximate surface area is 188 Å². The van der Waals surface area contributed by atoms with Crippen molar-refractivity contribution in [1.29, 1.82) is 0 Å². The van der Waals surface area contributed by atoms with Gasteiger partial charge in [0.2, 0.25) is 11.6 Å². The van der Waals surface area contributed by atoms with E-state index >= 15 is 0 Å². The van der Waals surface area contributed by atoms with Crippen LogP contribution in [0.5, 0.6) is 0 Å². The first kappa shape index (κ1) is 20.5. The molecule has 0 aliphatic carbocycles. The van der Waals surface area contributed by atoms with Crippen molar-refractivity contribution in [3.05, 3.63) is 63.5 Å². The molecule has 0 spiro atoms. The lowest BCUT2D eigenvalue weighted by Crippen LogP contribution is -2.37. The van der Waals surface area contributed by atoms with E-state index in [-0.39, 0.29) is 6.54 Å². The van der Waals surface area contributed by atoms with E-state index in [1.54, 1.807) is 12.1 Å². The molecule has 0 atom stereocenters. The number of aryl methyl sites for hydroxylation is 1. The summed E-state index contributed by atoms with van der Waals surface area (Å²) in [6.45, 7) is 4.11. The van der Waals surface area contributed by atoms with E-state index in [4.69, 9.17) is 21.3 Å². The van der Waals surface area contributed by atoms with E-state index in [2.05, 4.69) is 10.4 Å². The summed E-state index contributed by atoms with van der Waals surface area (Å²) >= 11 is 6.22. The molecule has 164 valence electrons. The summed E-state index contributed by atoms with van der Waals surface area (Å²) in [4.78, 5) is 32.8. The van der Waals surface area contributed by atoms with Crippen molar-refractivity contribution < 1.29 is 9.53 Å². The molecule has 2 aromatic carbocycles. The van der Waals surface area contributed by atoms with Crippen LogP contribution < -0.4 is 15.9 Å². The predicted octanol–water partition coefficient (Wildman–Crippen LogP) is 2.48. The fourth-order valence-electron chi connectivity index (χ4n) is 3.82. The second-order valence-corrected chi connectivity index (χ2v) is 8.06. The van der Waals surface area contributed by atoms with Gasteiger partial charge in [-0.1, -0.05) is 29.8 Å². The number of hydrogen-bond acceptors (Lipinski definition) is 6. The fraction of sp³-hybridized carbons (Fsp3) is 0.273. The molecule has 10 heteroatoms. The van der Waals surface area contributed by atoms with Gasteiger partial charge in [0, 0.05) is 13.1 Å². The van der Waals surface area contributed by atoms with Gasteiger partial charge in [0.1, 0.15) is 6.54 Å². The van der Waals surface area contributed by atoms with Crippen LogP contribution in [0.15, 0.2) is 47.3 Å². The van der Waals surface area contributed by atoms with E-state index in [1.165, 1.54) is 4.40 Å². The highest BCUT2D eigenvalue weighted by atomic mass is 35.5. The Morgan fingerprint density at radius 2 is 1.97 bits per heavy atom. The third kappa shape index (κ3) is 3.69. The number of para-hydroxylation sites is 2. The van der Waals surface area contributed by atoms with E-state index < -0.39 is 11.6 Å². The maximum Gasteiger partial charge on any atom is 0.351 e. The molecule has 0 bridgehead atoms. The van der Waals surface area contributed by atoms with Gasteiger partial charge in [-0.15, -0.1) is 5.10 Å². The third-order valence-electron chi connectivity index (χ3n) is 5.39. The van der Waals surface area contributed by atoms with Crippen LogP contribution in [-0.4, -0.2) is 51.4 Å². The molecule has 0 unspecified atom stereocenters. The number of hydrogen-bond donors (Lipinski definition) is 1. The van der Waals surface area contributed by atoms with Crippen LogP contribution in [0, 0.1) is 6.92 Å². The number of benzene rings is 2. The lowest BCUT2D eigenvalue weighted by Gasteiger charge is -2.27. The minimum atomic E-state index is -0.404. The summed E-state index contributed by atoms with van der Waals surface area (Å²) in [5.41, 5.74) is 2.80. The van der Waals surface area contributed by atoms with Crippen LogP contribution in [0.3, 0.4) is 0 Å². The molecule has 1 fully saturated rings. The lowest BCUT2D eigenvalue weighted by molar-refractivity contribution is -0.117. The molecular formula is C22H21ClN6O3. The van der Waals surface area contributed by atoms with E-state index in [9.17, 15) is 9.59 Å². The first-order valence-electron chi connectivity index (χ1n) is 10.3. The maximum absolute atomic E-state index is 13.3. The van der Waals surface area contributed by atoms with E-state index in [0.29, 0.717) is 59.5 Å². The summed E-state index contributed by atoms with van der Waals surface area (Å²) in [5.74, 6) is 0.205. The monoisotopic (exact) mass is 452 g/mol. The summed E-state index contributed by atoms with van der Waals surface area (Å²) < 4.78 is 8.12. The Hall–Kier alpha value is -3.43. The smallest absolute Gasteiger partial charge is 0.351 e. The molecule has 1 amide bonds. The average Bonchev–Trinajstić information content (AvgIpc) is 3.12. The molecule has 2 aromatic heterocycles. The van der Waals surface area contributed by atoms with Crippen molar-refractivity contribution in [3.8, 4) is 0 Å². The lowest BCUT2D eigenvalue weighted by atomic mass is 10.2. The zero-order valence-electron chi connectivity index (χ0n) is 17.4. The Bertz CT molecular complexity index is 1390. The van der Waals surface area contributed by atoms with Crippen LogP contribution >= 0.6 is 11.6 Å². The number of amides is 1. The molecule has 0 radical (unpaired) electrons. The molecule has 1 saturated heterocycles. The number of carbonyl (C=O) groups excluding carboxylic acids is 1. The Balaban J connectivity index is 1.55. The molecule has 1 aliphatic rings. The minimum absolute atomic E-state index is 0.248. The van der Waals surface area contributed by atoms with Crippen LogP contribution in [-0.2, 0) is 16.1 Å². The standard InChI is InChI=1S/C22H21ClN6O3/c1-14-6-7-16(15(23)12-14)24-19(30)13-28-22(31)29-18-5-3-2-4-17(18)25-20(21(29)26-28)27-8-10-32-11-9-27/h2-7,12H,8-11,13H2,1H3,(H,24,30). The van der Waals surface area contributed by atoms with Gasteiger partial charge in [-0.2, -0.15) is 0 Å². The number of rotatable bonds is 4. The third-order valence-corrected chi connectivity index (χ3v) is 5.70. The first-order chi connectivity index (χ1) is 15.5. The summed E-state index contributed by atoms with van der Waals surface area (Å²) in [6, 6.07) is 12.7. The van der Waals surface area contributed by atoms with Crippen molar-refractivity contribution in [3.63, 3.8) is 0 Å². The van der Waals surface area contributed by atoms with Crippen molar-refractivity contribution in [2.45, 2.75) is 13.5 Å². The number of fused-ring (bicyclic) bond motifs is 3. The number of ether oxygens (including phenoxy) is 1. The average molecular weight is 453 g/mol. The molecule has 3 heterocycles. The van der Waals surface area contributed by atoms with Crippen LogP contribution in [0.25, 0.3) is 16.7 Å². The van der Waals surface area contributed by atoms with Crippen molar-refractivity contribution >= 4 is 45.7 Å². The summed E-state index contributed by atoms with van der Waals surface area (Å²) in [7, 11) is 0. The van der Waals surface area contributed by atoms with Crippen molar-refractivity contribution in [2.75, 3.05) is 36.5 Å². The maximum atomic E-state index is 13.3. The number of anilines is 2. The number of morpholine rings is 1. The number of nitrogens with one attached hydrogen (secondary N) is 1. The molecule has 1 N–H and O–H groups in total. The largest absolute Gasteiger partial charge is 0.378 e. The molecule has 5 rings (SSSR count). The highest BCUT2D eigenvalue weighted by Crippen LogP contribution is 2.24. The number of carbonyl (C=O) groups is 1. The molecular weight excluding hydrogens is 432 g/mol. The fourth-order valence-corrected chi connectivity index (χ4v) is 4.10. The van der Waals surface area contributed by atoms with E-state index in [0.717, 1.165) is 10.2 Å². The SMILES string of the molecule is Cc1ccc(NC(=O)Cn2nc3c(N4CCOCC4)nc4ccccc4n3c2=O)c(Cl)c1. The van der Waals surface area contributed by atoms with Crippen LogP contribution in [0.2, 0.25) is 5.02 Å². The molecule has 0 saturated carbocycles. The highest BCUT2D eigenvalue weighted by molar-refractivity contribution is 6.33. The van der Waals surface area contributed by atoms with Crippen LogP contribution in [0.1, 0.15) is 5.56 Å².